The number of aryl methyl sites for hydroxylation is 2. The van der Waals surface area contributed by atoms with Crippen LogP contribution in [0.4, 0.5) is 0 Å². The van der Waals surface area contributed by atoms with Crippen molar-refractivity contribution in [1.82, 2.24) is 0 Å². The van der Waals surface area contributed by atoms with Crippen LogP contribution in [0.15, 0.2) is 49.9 Å². The van der Waals surface area contributed by atoms with Crippen LogP contribution in [0.5, 0.6) is 0 Å². The Labute approximate surface area is 104 Å². The van der Waals surface area contributed by atoms with Crippen LogP contribution in [0.25, 0.3) is 0 Å². The summed E-state index contributed by atoms with van der Waals surface area (Å²) in [7, 11) is 0. The van der Waals surface area contributed by atoms with Crippen LogP contribution in [0.3, 0.4) is 0 Å². The van der Waals surface area contributed by atoms with Crippen LogP contribution < -0.4 is 0 Å². The highest BCUT2D eigenvalue weighted by molar-refractivity contribution is 5.23. The highest BCUT2D eigenvalue weighted by Gasteiger charge is 1.83. The van der Waals surface area contributed by atoms with E-state index < -0.39 is 0 Å². The third-order valence-corrected chi connectivity index (χ3v) is 1.72. The van der Waals surface area contributed by atoms with E-state index in [1.165, 1.54) is 23.7 Å². The second-order valence-corrected chi connectivity index (χ2v) is 3.00. The van der Waals surface area contributed by atoms with Crippen LogP contribution >= 0.6 is 0 Å². The first-order chi connectivity index (χ1) is 8.13. The first-order valence-electron chi connectivity index (χ1n) is 5.25. The maximum Gasteiger partial charge on any atom is 0.0829 e. The summed E-state index contributed by atoms with van der Waals surface area (Å²) in [5.74, 6) is 0. The molecule has 0 saturated carbocycles. The summed E-state index contributed by atoms with van der Waals surface area (Å²) < 4.78 is 4.36. The molecule has 3 heteroatoms. The Hall–Kier alpha value is -1.58. The summed E-state index contributed by atoms with van der Waals surface area (Å²) in [6.45, 7) is 10.5. The van der Waals surface area contributed by atoms with Gasteiger partial charge in [-0.1, -0.05) is 37.4 Å². The standard InChI is InChI=1S/C8H10.C4H6O.C2H6O2/c1-7-5-3-4-6-8(7)2;1-3-5-4-2;3-1-2-4/h3-6H,1-2H3;3-4H,1-2H2;3-4H,1-2H2. The fraction of sp³-hybridized carbons (Fsp3) is 0.286. The fourth-order valence-electron chi connectivity index (χ4n) is 0.731. The predicted molar refractivity (Wildman–Crippen MR) is 71.6 cm³/mol. The summed E-state index contributed by atoms with van der Waals surface area (Å²) in [5.41, 5.74) is 2.74. The largest absolute Gasteiger partial charge is 0.474 e. The number of benzene rings is 1. The van der Waals surface area contributed by atoms with Crippen molar-refractivity contribution < 1.29 is 14.9 Å². The summed E-state index contributed by atoms with van der Waals surface area (Å²) in [6, 6.07) is 8.36. The first kappa shape index (κ1) is 17.8. The van der Waals surface area contributed by atoms with E-state index in [0.717, 1.165) is 0 Å². The van der Waals surface area contributed by atoms with Crippen LogP contribution in [-0.2, 0) is 4.74 Å². The molecule has 0 heterocycles. The minimum Gasteiger partial charge on any atom is -0.474 e. The zero-order chi connectivity index (χ0) is 13.5. The van der Waals surface area contributed by atoms with E-state index in [-0.39, 0.29) is 13.2 Å². The first-order valence-corrected chi connectivity index (χ1v) is 5.25. The van der Waals surface area contributed by atoms with Crippen molar-refractivity contribution in [2.75, 3.05) is 13.2 Å². The van der Waals surface area contributed by atoms with Crippen molar-refractivity contribution in [3.8, 4) is 0 Å². The van der Waals surface area contributed by atoms with E-state index in [2.05, 4.69) is 56.0 Å². The molecule has 2 N–H and O–H groups in total. The van der Waals surface area contributed by atoms with Gasteiger partial charge in [-0.2, -0.15) is 0 Å². The molecule has 0 aliphatic rings. The van der Waals surface area contributed by atoms with Gasteiger partial charge in [0, 0.05) is 0 Å². The van der Waals surface area contributed by atoms with Gasteiger partial charge in [0.05, 0.1) is 25.7 Å². The maximum absolute atomic E-state index is 7.62. The van der Waals surface area contributed by atoms with E-state index >= 15 is 0 Å². The van der Waals surface area contributed by atoms with Gasteiger partial charge in [-0.15, -0.1) is 0 Å². The average Bonchev–Trinajstić information content (AvgIpc) is 2.35. The zero-order valence-electron chi connectivity index (χ0n) is 10.6. The summed E-state index contributed by atoms with van der Waals surface area (Å²) >= 11 is 0. The number of hydrogen-bond acceptors (Lipinski definition) is 3. The molecule has 0 aromatic heterocycles. The van der Waals surface area contributed by atoms with Crippen molar-refractivity contribution in [2.45, 2.75) is 13.8 Å². The lowest BCUT2D eigenvalue weighted by molar-refractivity contribution is 0.186. The van der Waals surface area contributed by atoms with Gasteiger partial charge in [-0.25, -0.2) is 0 Å². The third-order valence-electron chi connectivity index (χ3n) is 1.72. The van der Waals surface area contributed by atoms with Gasteiger partial charge in [-0.3, -0.25) is 0 Å². The predicted octanol–water partition coefficient (Wildman–Crippen LogP) is 2.56. The molecule has 0 aliphatic heterocycles. The molecule has 3 nitrogen and oxygen atoms in total. The number of aliphatic hydroxyl groups excluding tert-OH is 2. The molecule has 0 saturated heterocycles. The van der Waals surface area contributed by atoms with Crippen LogP contribution in [0.1, 0.15) is 11.1 Å². The molecule has 0 bridgehead atoms. The lowest BCUT2D eigenvalue weighted by Crippen LogP contribution is -1.85. The van der Waals surface area contributed by atoms with Crippen molar-refractivity contribution in [1.29, 1.82) is 0 Å². The van der Waals surface area contributed by atoms with E-state index in [9.17, 15) is 0 Å². The molecule has 0 unspecified atom stereocenters. The molecule has 0 amide bonds. The molecule has 96 valence electrons. The number of aliphatic hydroxyl groups is 2. The molecule has 0 atom stereocenters. The topological polar surface area (TPSA) is 49.7 Å². The van der Waals surface area contributed by atoms with Gasteiger partial charge in [0.25, 0.3) is 0 Å². The quantitative estimate of drug-likeness (QED) is 0.796. The van der Waals surface area contributed by atoms with E-state index in [1.807, 2.05) is 0 Å². The molecule has 0 radical (unpaired) electrons. The second kappa shape index (κ2) is 14.4. The molecule has 0 spiro atoms. The third kappa shape index (κ3) is 14.4. The summed E-state index contributed by atoms with van der Waals surface area (Å²) in [5, 5.41) is 15.2. The van der Waals surface area contributed by atoms with Crippen molar-refractivity contribution in [3.63, 3.8) is 0 Å². The highest BCUT2D eigenvalue weighted by Crippen LogP contribution is 2.02. The van der Waals surface area contributed by atoms with Crippen molar-refractivity contribution in [3.05, 3.63) is 61.1 Å². The number of ether oxygens (including phenoxy) is 1. The SMILES string of the molecule is C=COC=C.Cc1ccccc1C.OCCO. The van der Waals surface area contributed by atoms with Gasteiger partial charge >= 0.3 is 0 Å². The van der Waals surface area contributed by atoms with Gasteiger partial charge in [0.1, 0.15) is 0 Å². The molecule has 0 aliphatic carbocycles. The Bertz CT molecular complexity index is 266. The normalized spacial score (nSPS) is 7.76. The smallest absolute Gasteiger partial charge is 0.0829 e. The van der Waals surface area contributed by atoms with Crippen LogP contribution in [0.2, 0.25) is 0 Å². The maximum atomic E-state index is 7.62. The second-order valence-electron chi connectivity index (χ2n) is 3.00. The Morgan fingerprint density at radius 3 is 1.47 bits per heavy atom. The molecular formula is C14H22O3. The van der Waals surface area contributed by atoms with Gasteiger partial charge in [0.2, 0.25) is 0 Å². The number of hydrogen-bond donors (Lipinski definition) is 2. The van der Waals surface area contributed by atoms with E-state index in [1.54, 1.807) is 0 Å². The zero-order valence-corrected chi connectivity index (χ0v) is 10.6. The summed E-state index contributed by atoms with van der Waals surface area (Å²) in [4.78, 5) is 0. The molecule has 0 fully saturated rings. The van der Waals surface area contributed by atoms with E-state index in [4.69, 9.17) is 10.2 Å². The van der Waals surface area contributed by atoms with Crippen molar-refractivity contribution >= 4 is 0 Å². The Balaban J connectivity index is 0. The van der Waals surface area contributed by atoms with Gasteiger partial charge in [-0.05, 0) is 25.0 Å². The molecule has 1 rings (SSSR count). The van der Waals surface area contributed by atoms with Crippen molar-refractivity contribution in [2.24, 2.45) is 0 Å². The monoisotopic (exact) mass is 238 g/mol. The number of rotatable bonds is 3. The Kier molecular flexibility index (Phi) is 15.1. The molecular weight excluding hydrogens is 216 g/mol. The van der Waals surface area contributed by atoms with Gasteiger partial charge < -0.3 is 14.9 Å². The van der Waals surface area contributed by atoms with Crippen LogP contribution in [0, 0.1) is 13.8 Å². The van der Waals surface area contributed by atoms with Gasteiger partial charge in [0.15, 0.2) is 0 Å². The Morgan fingerprint density at radius 2 is 1.35 bits per heavy atom. The highest BCUT2D eigenvalue weighted by atomic mass is 16.5. The van der Waals surface area contributed by atoms with E-state index in [0.29, 0.717) is 0 Å². The lowest BCUT2D eigenvalue weighted by Gasteiger charge is -1.93. The Morgan fingerprint density at radius 1 is 1.00 bits per heavy atom. The minimum atomic E-state index is -0.125. The minimum absolute atomic E-state index is 0.125. The molecule has 1 aromatic rings. The average molecular weight is 238 g/mol. The summed E-state index contributed by atoms with van der Waals surface area (Å²) in [6.07, 6.45) is 2.62. The molecule has 1 aromatic carbocycles. The molecule has 17 heavy (non-hydrogen) atoms. The van der Waals surface area contributed by atoms with Crippen LogP contribution in [-0.4, -0.2) is 23.4 Å². The fourth-order valence-corrected chi connectivity index (χ4v) is 0.731. The lowest BCUT2D eigenvalue weighted by atomic mass is 10.1.